The van der Waals surface area contributed by atoms with Gasteiger partial charge in [-0.2, -0.15) is 4.31 Å². The first-order chi connectivity index (χ1) is 14.4. The number of carbonyl (C=O) groups excluding carboxylic acids is 1. The number of halogens is 1. The van der Waals surface area contributed by atoms with Crippen LogP contribution in [-0.2, 0) is 27.8 Å². The van der Waals surface area contributed by atoms with E-state index in [-0.39, 0.29) is 18.0 Å². The average Bonchev–Trinajstić information content (AvgIpc) is 2.75. The van der Waals surface area contributed by atoms with Crippen LogP contribution in [0.4, 0.5) is 0 Å². The second kappa shape index (κ2) is 10.0. The van der Waals surface area contributed by atoms with Gasteiger partial charge >= 0.3 is 5.97 Å². The molecule has 0 atom stereocenters. The maximum atomic E-state index is 13.3. The molecule has 0 N–H and O–H groups in total. The van der Waals surface area contributed by atoms with Crippen molar-refractivity contribution >= 4 is 31.9 Å². The minimum Gasteiger partial charge on any atom is -0.462 e. The summed E-state index contributed by atoms with van der Waals surface area (Å²) in [5.74, 6) is -0.396. The maximum Gasteiger partial charge on any atom is 0.338 e. The molecule has 0 saturated heterocycles. The van der Waals surface area contributed by atoms with Crippen LogP contribution in [-0.4, -0.2) is 25.3 Å². The van der Waals surface area contributed by atoms with E-state index in [0.29, 0.717) is 12.2 Å². The predicted molar refractivity (Wildman–Crippen MR) is 119 cm³/mol. The monoisotopic (exact) mass is 487 g/mol. The molecule has 5 nitrogen and oxygen atoms in total. The van der Waals surface area contributed by atoms with E-state index >= 15 is 0 Å². The van der Waals surface area contributed by atoms with Gasteiger partial charge in [0.15, 0.2) is 0 Å². The zero-order valence-corrected chi connectivity index (χ0v) is 18.9. The molecule has 0 aromatic heterocycles. The summed E-state index contributed by atoms with van der Waals surface area (Å²) in [4.78, 5) is 12.1. The highest BCUT2D eigenvalue weighted by molar-refractivity contribution is 9.10. The summed E-state index contributed by atoms with van der Waals surface area (Å²) in [5.41, 5.74) is 2.10. The van der Waals surface area contributed by atoms with Crippen LogP contribution in [0.15, 0.2) is 88.2 Å². The molecule has 3 aromatic rings. The Kier molecular flexibility index (Phi) is 7.42. The smallest absolute Gasteiger partial charge is 0.338 e. The first-order valence-electron chi connectivity index (χ1n) is 9.46. The molecular formula is C23H22BrNO4S. The molecule has 0 spiro atoms. The highest BCUT2D eigenvalue weighted by Crippen LogP contribution is 2.23. The van der Waals surface area contributed by atoms with Crippen LogP contribution in [0.1, 0.15) is 28.4 Å². The molecule has 0 aliphatic heterocycles. The molecular weight excluding hydrogens is 466 g/mol. The van der Waals surface area contributed by atoms with Crippen molar-refractivity contribution in [1.82, 2.24) is 4.31 Å². The number of sulfonamides is 1. The second-order valence-corrected chi connectivity index (χ2v) is 9.48. The molecule has 3 rings (SSSR count). The number of carbonyl (C=O) groups is 1. The molecule has 0 fully saturated rings. The Morgan fingerprint density at radius 1 is 0.867 bits per heavy atom. The first-order valence-corrected chi connectivity index (χ1v) is 11.7. The van der Waals surface area contributed by atoms with Gasteiger partial charge in [0, 0.05) is 17.6 Å². The summed E-state index contributed by atoms with van der Waals surface area (Å²) >= 11 is 3.34. The summed E-state index contributed by atoms with van der Waals surface area (Å²) in [6.07, 6.45) is 0. The molecule has 0 aliphatic rings. The predicted octanol–water partition coefficient (Wildman–Crippen LogP) is 5.02. The van der Waals surface area contributed by atoms with Crippen molar-refractivity contribution in [3.8, 4) is 0 Å². The van der Waals surface area contributed by atoms with Crippen molar-refractivity contribution in [3.05, 3.63) is 100 Å². The van der Waals surface area contributed by atoms with Crippen LogP contribution in [0.5, 0.6) is 0 Å². The van der Waals surface area contributed by atoms with Crippen molar-refractivity contribution in [3.63, 3.8) is 0 Å². The summed E-state index contributed by atoms with van der Waals surface area (Å²) in [6, 6.07) is 22.9. The Hall–Kier alpha value is -2.48. The zero-order chi connectivity index (χ0) is 21.6. The van der Waals surface area contributed by atoms with E-state index in [1.54, 1.807) is 55.5 Å². The van der Waals surface area contributed by atoms with Gasteiger partial charge in [0.25, 0.3) is 0 Å². The van der Waals surface area contributed by atoms with E-state index in [9.17, 15) is 13.2 Å². The Balaban J connectivity index is 1.90. The minimum atomic E-state index is -3.73. The Morgan fingerprint density at radius 2 is 1.43 bits per heavy atom. The zero-order valence-electron chi connectivity index (χ0n) is 16.5. The van der Waals surface area contributed by atoms with Gasteiger partial charge in [0.1, 0.15) is 0 Å². The number of hydrogen-bond donors (Lipinski definition) is 0. The standard InChI is InChI=1S/C23H22BrNO4S/c1-2-29-23(26)20-10-8-19(9-11-20)17-25(16-18-6-4-3-5-7-18)30(27,28)22-14-12-21(24)13-15-22/h3-15H,2,16-17H2,1H3. The minimum absolute atomic E-state index is 0.177. The largest absolute Gasteiger partial charge is 0.462 e. The van der Waals surface area contributed by atoms with Crippen LogP contribution < -0.4 is 0 Å². The number of esters is 1. The lowest BCUT2D eigenvalue weighted by molar-refractivity contribution is 0.0526. The molecule has 3 aromatic carbocycles. The SMILES string of the molecule is CCOC(=O)c1ccc(CN(Cc2ccccc2)S(=O)(=O)c2ccc(Br)cc2)cc1. The molecule has 0 bridgehead atoms. The molecule has 0 amide bonds. The number of benzene rings is 3. The molecule has 0 heterocycles. The average molecular weight is 488 g/mol. The van der Waals surface area contributed by atoms with Gasteiger partial charge in [-0.3, -0.25) is 0 Å². The number of ether oxygens (including phenoxy) is 1. The quantitative estimate of drug-likeness (QED) is 0.418. The van der Waals surface area contributed by atoms with E-state index in [1.807, 2.05) is 30.3 Å². The third-order valence-electron chi connectivity index (χ3n) is 4.48. The molecule has 156 valence electrons. The Bertz CT molecular complexity index is 1080. The molecule has 7 heteroatoms. The third-order valence-corrected chi connectivity index (χ3v) is 6.81. The summed E-state index contributed by atoms with van der Waals surface area (Å²) in [7, 11) is -3.73. The van der Waals surface area contributed by atoms with Crippen molar-refractivity contribution in [1.29, 1.82) is 0 Å². The van der Waals surface area contributed by atoms with Gasteiger partial charge in [0.05, 0.1) is 17.1 Å². The highest BCUT2D eigenvalue weighted by Gasteiger charge is 2.25. The van der Waals surface area contributed by atoms with Crippen LogP contribution in [0.2, 0.25) is 0 Å². The lowest BCUT2D eigenvalue weighted by Crippen LogP contribution is -2.30. The first kappa shape index (κ1) is 22.2. The van der Waals surface area contributed by atoms with Crippen molar-refractivity contribution in [2.75, 3.05) is 6.61 Å². The lowest BCUT2D eigenvalue weighted by Gasteiger charge is -2.23. The summed E-state index contributed by atoms with van der Waals surface area (Å²) < 4.78 is 33.9. The number of rotatable bonds is 8. The molecule has 0 saturated carbocycles. The van der Waals surface area contributed by atoms with Gasteiger partial charge in [0.2, 0.25) is 10.0 Å². The molecule has 30 heavy (non-hydrogen) atoms. The van der Waals surface area contributed by atoms with Crippen LogP contribution >= 0.6 is 15.9 Å². The fraction of sp³-hybridized carbons (Fsp3) is 0.174. The third kappa shape index (κ3) is 5.56. The van der Waals surface area contributed by atoms with Gasteiger partial charge < -0.3 is 4.74 Å². The summed E-state index contributed by atoms with van der Waals surface area (Å²) in [6.45, 7) is 2.47. The highest BCUT2D eigenvalue weighted by atomic mass is 79.9. The van der Waals surface area contributed by atoms with E-state index in [2.05, 4.69) is 15.9 Å². The molecule has 0 unspecified atom stereocenters. The topological polar surface area (TPSA) is 63.7 Å². The lowest BCUT2D eigenvalue weighted by atomic mass is 10.1. The molecule has 0 radical (unpaired) electrons. The van der Waals surface area contributed by atoms with Crippen molar-refractivity contribution < 1.29 is 17.9 Å². The van der Waals surface area contributed by atoms with E-state index in [0.717, 1.165) is 15.6 Å². The molecule has 0 aliphatic carbocycles. The second-order valence-electron chi connectivity index (χ2n) is 6.63. The van der Waals surface area contributed by atoms with E-state index in [4.69, 9.17) is 4.74 Å². The number of hydrogen-bond acceptors (Lipinski definition) is 4. The number of nitrogens with zero attached hydrogens (tertiary/aromatic N) is 1. The fourth-order valence-electron chi connectivity index (χ4n) is 2.93. The van der Waals surface area contributed by atoms with Gasteiger partial charge in [-0.25, -0.2) is 13.2 Å². The van der Waals surface area contributed by atoms with Crippen LogP contribution in [0.3, 0.4) is 0 Å². The van der Waals surface area contributed by atoms with Crippen LogP contribution in [0, 0.1) is 0 Å². The normalized spacial score (nSPS) is 11.4. The summed E-state index contributed by atoms with van der Waals surface area (Å²) in [5, 5.41) is 0. The van der Waals surface area contributed by atoms with E-state index in [1.165, 1.54) is 4.31 Å². The Morgan fingerprint density at radius 3 is 2.00 bits per heavy atom. The van der Waals surface area contributed by atoms with Gasteiger partial charge in [-0.05, 0) is 54.4 Å². The van der Waals surface area contributed by atoms with Gasteiger partial charge in [-0.1, -0.05) is 58.4 Å². The Labute approximate surface area is 185 Å². The fourth-order valence-corrected chi connectivity index (χ4v) is 4.61. The van der Waals surface area contributed by atoms with Crippen molar-refractivity contribution in [2.45, 2.75) is 24.9 Å². The maximum absolute atomic E-state index is 13.3. The van der Waals surface area contributed by atoms with Crippen molar-refractivity contribution in [2.24, 2.45) is 0 Å². The van der Waals surface area contributed by atoms with E-state index < -0.39 is 16.0 Å². The van der Waals surface area contributed by atoms with Crippen LogP contribution in [0.25, 0.3) is 0 Å². The van der Waals surface area contributed by atoms with Gasteiger partial charge in [-0.15, -0.1) is 0 Å².